The van der Waals surface area contributed by atoms with Crippen molar-refractivity contribution < 1.29 is 4.79 Å². The van der Waals surface area contributed by atoms with Gasteiger partial charge in [0.15, 0.2) is 5.78 Å². The topological polar surface area (TPSA) is 34.9 Å². The van der Waals surface area contributed by atoms with Crippen LogP contribution in [0.3, 0.4) is 0 Å². The third kappa shape index (κ3) is 2.27. The normalized spacial score (nSPS) is 10.8. The summed E-state index contributed by atoms with van der Waals surface area (Å²) in [4.78, 5) is 16.5. The lowest BCUT2D eigenvalue weighted by molar-refractivity contribution is 0.0973. The van der Waals surface area contributed by atoms with Crippen LogP contribution in [0.2, 0.25) is 0 Å². The number of nitrogens with zero attached hydrogens (tertiary/aromatic N) is 2. The zero-order valence-corrected chi connectivity index (χ0v) is 10.7. The molecule has 0 aliphatic carbocycles. The minimum absolute atomic E-state index is 0.0977. The van der Waals surface area contributed by atoms with Crippen LogP contribution < -0.4 is 0 Å². The van der Waals surface area contributed by atoms with Crippen molar-refractivity contribution in [1.82, 2.24) is 9.55 Å². The molecule has 2 aromatic carbocycles. The summed E-state index contributed by atoms with van der Waals surface area (Å²) in [5.74, 6) is 0.0977. The largest absolute Gasteiger partial charge is 0.323 e. The van der Waals surface area contributed by atoms with Crippen LogP contribution in [0.15, 0.2) is 54.9 Å². The van der Waals surface area contributed by atoms with Crippen molar-refractivity contribution in [2.24, 2.45) is 0 Å². The number of carbonyl (C=O) groups is 1. The molecule has 0 bridgehead atoms. The number of imidazole rings is 1. The van der Waals surface area contributed by atoms with E-state index in [2.05, 4.69) is 4.98 Å². The fourth-order valence-corrected chi connectivity index (χ4v) is 2.17. The molecule has 0 N–H and O–H groups in total. The van der Waals surface area contributed by atoms with E-state index >= 15 is 0 Å². The number of carbonyl (C=O) groups excluding carboxylic acids is 1. The zero-order valence-electron chi connectivity index (χ0n) is 10.7. The van der Waals surface area contributed by atoms with Gasteiger partial charge in [0.05, 0.1) is 23.9 Å². The van der Waals surface area contributed by atoms with E-state index in [9.17, 15) is 4.79 Å². The lowest BCUT2D eigenvalue weighted by Crippen LogP contribution is -2.09. The van der Waals surface area contributed by atoms with Gasteiger partial charge < -0.3 is 4.57 Å². The number of aryl methyl sites for hydroxylation is 1. The molecule has 0 spiro atoms. The Labute approximate surface area is 111 Å². The summed E-state index contributed by atoms with van der Waals surface area (Å²) in [5, 5.41) is 0. The Hall–Kier alpha value is -2.42. The van der Waals surface area contributed by atoms with Gasteiger partial charge in [0.2, 0.25) is 0 Å². The molecule has 0 fully saturated rings. The highest BCUT2D eigenvalue weighted by Gasteiger charge is 2.09. The first-order valence-corrected chi connectivity index (χ1v) is 6.24. The standard InChI is InChI=1S/C16H14N2O/c1-12-7-8-15-14(9-12)17-11-18(15)10-16(19)13-5-3-2-4-6-13/h2-9,11H,10H2,1H3. The van der Waals surface area contributed by atoms with Crippen molar-refractivity contribution in [3.05, 3.63) is 66.0 Å². The van der Waals surface area contributed by atoms with Crippen molar-refractivity contribution in [2.75, 3.05) is 0 Å². The molecule has 3 rings (SSSR count). The first-order chi connectivity index (χ1) is 9.24. The summed E-state index contributed by atoms with van der Waals surface area (Å²) in [6, 6.07) is 15.4. The predicted octanol–water partition coefficient (Wildman–Crippen LogP) is 3.23. The maximum absolute atomic E-state index is 12.2. The Bertz CT molecular complexity index is 729. The molecule has 0 aliphatic heterocycles. The number of hydrogen-bond donors (Lipinski definition) is 0. The van der Waals surface area contributed by atoms with Crippen LogP contribution in [0.5, 0.6) is 0 Å². The maximum Gasteiger partial charge on any atom is 0.182 e. The molecule has 0 atom stereocenters. The average molecular weight is 250 g/mol. The highest BCUT2D eigenvalue weighted by Crippen LogP contribution is 2.15. The Balaban J connectivity index is 1.92. The fraction of sp³-hybridized carbons (Fsp3) is 0.125. The molecule has 0 radical (unpaired) electrons. The van der Waals surface area contributed by atoms with Crippen LogP contribution in [0.4, 0.5) is 0 Å². The minimum atomic E-state index is 0.0977. The van der Waals surface area contributed by atoms with Gasteiger partial charge in [-0.2, -0.15) is 0 Å². The van der Waals surface area contributed by atoms with Crippen LogP contribution in [-0.4, -0.2) is 15.3 Å². The van der Waals surface area contributed by atoms with E-state index in [1.54, 1.807) is 6.33 Å². The Kier molecular flexibility index (Phi) is 2.88. The molecule has 0 amide bonds. The summed E-state index contributed by atoms with van der Waals surface area (Å²) in [5.41, 5.74) is 3.83. The Morgan fingerprint density at radius 2 is 1.95 bits per heavy atom. The summed E-state index contributed by atoms with van der Waals surface area (Å²) >= 11 is 0. The molecule has 0 aliphatic rings. The van der Waals surface area contributed by atoms with Gasteiger partial charge in [-0.3, -0.25) is 4.79 Å². The highest BCUT2D eigenvalue weighted by atomic mass is 16.1. The smallest absolute Gasteiger partial charge is 0.182 e. The van der Waals surface area contributed by atoms with Gasteiger partial charge in [-0.05, 0) is 24.6 Å². The molecule has 1 aromatic heterocycles. The zero-order chi connectivity index (χ0) is 13.2. The van der Waals surface area contributed by atoms with E-state index in [0.717, 1.165) is 16.6 Å². The average Bonchev–Trinajstić information content (AvgIpc) is 2.82. The maximum atomic E-state index is 12.2. The van der Waals surface area contributed by atoms with Gasteiger partial charge in [-0.25, -0.2) is 4.98 Å². The molecule has 3 heteroatoms. The SMILES string of the molecule is Cc1ccc2c(c1)ncn2CC(=O)c1ccccc1. The summed E-state index contributed by atoms with van der Waals surface area (Å²) in [7, 11) is 0. The molecule has 0 saturated carbocycles. The fourth-order valence-electron chi connectivity index (χ4n) is 2.17. The number of benzene rings is 2. The molecule has 3 aromatic rings. The molecule has 0 unspecified atom stereocenters. The van der Waals surface area contributed by atoms with Crippen molar-refractivity contribution in [3.8, 4) is 0 Å². The van der Waals surface area contributed by atoms with Crippen molar-refractivity contribution in [1.29, 1.82) is 0 Å². The minimum Gasteiger partial charge on any atom is -0.323 e. The van der Waals surface area contributed by atoms with Gasteiger partial charge in [-0.15, -0.1) is 0 Å². The third-order valence-corrected chi connectivity index (χ3v) is 3.19. The van der Waals surface area contributed by atoms with Crippen molar-refractivity contribution in [2.45, 2.75) is 13.5 Å². The number of Topliss-reactive ketones (excluding diaryl/α,β-unsaturated/α-hetero) is 1. The van der Waals surface area contributed by atoms with Gasteiger partial charge in [0.1, 0.15) is 0 Å². The van der Waals surface area contributed by atoms with Crippen LogP contribution >= 0.6 is 0 Å². The van der Waals surface area contributed by atoms with Gasteiger partial charge >= 0.3 is 0 Å². The van der Waals surface area contributed by atoms with Crippen LogP contribution in [0.25, 0.3) is 11.0 Å². The molecule has 94 valence electrons. The Morgan fingerprint density at radius 1 is 1.16 bits per heavy atom. The van der Waals surface area contributed by atoms with Gasteiger partial charge in [0, 0.05) is 5.56 Å². The van der Waals surface area contributed by atoms with E-state index in [1.807, 2.05) is 60.0 Å². The lowest BCUT2D eigenvalue weighted by Gasteiger charge is -2.04. The first-order valence-electron chi connectivity index (χ1n) is 6.24. The van der Waals surface area contributed by atoms with Gasteiger partial charge in [0.25, 0.3) is 0 Å². The monoisotopic (exact) mass is 250 g/mol. The number of aromatic nitrogens is 2. The molecule has 1 heterocycles. The van der Waals surface area contributed by atoms with E-state index in [1.165, 1.54) is 5.56 Å². The van der Waals surface area contributed by atoms with Crippen LogP contribution in [0, 0.1) is 6.92 Å². The second kappa shape index (κ2) is 4.69. The van der Waals surface area contributed by atoms with E-state index in [0.29, 0.717) is 6.54 Å². The summed E-state index contributed by atoms with van der Waals surface area (Å²) in [6.45, 7) is 2.36. The van der Waals surface area contributed by atoms with Crippen molar-refractivity contribution in [3.63, 3.8) is 0 Å². The number of fused-ring (bicyclic) bond motifs is 1. The van der Waals surface area contributed by atoms with E-state index < -0.39 is 0 Å². The molecular formula is C16H14N2O. The molecule has 0 saturated heterocycles. The van der Waals surface area contributed by atoms with Gasteiger partial charge in [-0.1, -0.05) is 36.4 Å². The number of ketones is 1. The summed E-state index contributed by atoms with van der Waals surface area (Å²) in [6.07, 6.45) is 1.73. The highest BCUT2D eigenvalue weighted by molar-refractivity contribution is 5.96. The molecule has 3 nitrogen and oxygen atoms in total. The summed E-state index contributed by atoms with van der Waals surface area (Å²) < 4.78 is 1.89. The first kappa shape index (κ1) is 11.7. The van der Waals surface area contributed by atoms with Crippen molar-refractivity contribution >= 4 is 16.8 Å². The van der Waals surface area contributed by atoms with Crippen LogP contribution in [-0.2, 0) is 6.54 Å². The third-order valence-electron chi connectivity index (χ3n) is 3.19. The number of hydrogen-bond acceptors (Lipinski definition) is 2. The second-order valence-electron chi connectivity index (χ2n) is 4.65. The number of rotatable bonds is 3. The van der Waals surface area contributed by atoms with E-state index in [4.69, 9.17) is 0 Å². The predicted molar refractivity (Wildman–Crippen MR) is 75.2 cm³/mol. The Morgan fingerprint density at radius 3 is 2.74 bits per heavy atom. The molecule has 19 heavy (non-hydrogen) atoms. The second-order valence-corrected chi connectivity index (χ2v) is 4.65. The lowest BCUT2D eigenvalue weighted by atomic mass is 10.1. The molecular weight excluding hydrogens is 236 g/mol. The van der Waals surface area contributed by atoms with E-state index in [-0.39, 0.29) is 5.78 Å². The quantitative estimate of drug-likeness (QED) is 0.669. The van der Waals surface area contributed by atoms with Crippen LogP contribution in [0.1, 0.15) is 15.9 Å².